The molecule has 0 bridgehead atoms. The first-order chi connectivity index (χ1) is 12.3. The Balaban J connectivity index is 1.36. The van der Waals surface area contributed by atoms with Gasteiger partial charge in [0.25, 0.3) is 5.56 Å². The summed E-state index contributed by atoms with van der Waals surface area (Å²) in [5, 5.41) is 1.08. The van der Waals surface area contributed by atoms with Gasteiger partial charge in [-0.05, 0) is 25.9 Å². The van der Waals surface area contributed by atoms with Crippen LogP contribution in [0.3, 0.4) is 0 Å². The van der Waals surface area contributed by atoms with Crippen LogP contribution in [0.2, 0.25) is 0 Å². The van der Waals surface area contributed by atoms with E-state index < -0.39 is 0 Å². The minimum atomic E-state index is -0.0643. The number of hydrogen-bond acceptors (Lipinski definition) is 5. The molecule has 1 fully saturated rings. The van der Waals surface area contributed by atoms with Crippen molar-refractivity contribution >= 4 is 11.3 Å². The Kier molecular flexibility index (Phi) is 4.72. The number of rotatable bonds is 4. The molecule has 4 rings (SSSR count). The second-order valence-electron chi connectivity index (χ2n) is 6.38. The fraction of sp³-hybridized carbons (Fsp3) is 0.316. The normalized spacial score (nSPS) is 16.2. The molecule has 0 amide bonds. The quantitative estimate of drug-likeness (QED) is 0.783. The van der Waals surface area contributed by atoms with Crippen LogP contribution >= 0.6 is 11.3 Å². The maximum Gasteiger partial charge on any atom is 0.250 e. The summed E-state index contributed by atoms with van der Waals surface area (Å²) in [6.07, 6.45) is 5.59. The van der Waals surface area contributed by atoms with Crippen LogP contribution in [0.15, 0.2) is 53.7 Å². The first-order valence-corrected chi connectivity index (χ1v) is 9.37. The molecule has 5 nitrogen and oxygen atoms in total. The molecule has 0 spiro atoms. The monoisotopic (exact) mass is 352 g/mol. The van der Waals surface area contributed by atoms with Gasteiger partial charge in [-0.3, -0.25) is 9.69 Å². The molecule has 0 saturated carbocycles. The van der Waals surface area contributed by atoms with Crippen molar-refractivity contribution in [2.24, 2.45) is 0 Å². The van der Waals surface area contributed by atoms with Gasteiger partial charge >= 0.3 is 0 Å². The van der Waals surface area contributed by atoms with Gasteiger partial charge in [-0.25, -0.2) is 9.97 Å². The molecule has 0 unspecified atom stereocenters. The zero-order chi connectivity index (χ0) is 17.1. The molecule has 3 heterocycles. The van der Waals surface area contributed by atoms with Crippen molar-refractivity contribution in [2.45, 2.75) is 25.3 Å². The summed E-state index contributed by atoms with van der Waals surface area (Å²) in [5.41, 5.74) is 2.04. The number of benzene rings is 1. The van der Waals surface area contributed by atoms with E-state index in [1.54, 1.807) is 17.4 Å². The van der Waals surface area contributed by atoms with Gasteiger partial charge in [0.15, 0.2) is 0 Å². The van der Waals surface area contributed by atoms with Gasteiger partial charge in [0, 0.05) is 35.2 Å². The maximum atomic E-state index is 11.4. The first-order valence-electron chi connectivity index (χ1n) is 8.55. The van der Waals surface area contributed by atoms with E-state index in [4.69, 9.17) is 0 Å². The summed E-state index contributed by atoms with van der Waals surface area (Å²) in [6.45, 7) is 3.00. The molecule has 128 valence electrons. The van der Waals surface area contributed by atoms with Crippen LogP contribution in [-0.4, -0.2) is 32.9 Å². The molecule has 1 aliphatic heterocycles. The van der Waals surface area contributed by atoms with E-state index in [-0.39, 0.29) is 5.56 Å². The van der Waals surface area contributed by atoms with E-state index in [0.29, 0.717) is 5.92 Å². The maximum absolute atomic E-state index is 11.4. The van der Waals surface area contributed by atoms with Crippen molar-refractivity contribution in [2.75, 3.05) is 13.1 Å². The Bertz CT molecular complexity index is 881. The molecule has 1 aliphatic rings. The highest BCUT2D eigenvalue weighted by molar-refractivity contribution is 7.15. The lowest BCUT2D eigenvalue weighted by molar-refractivity contribution is 0.204. The van der Waals surface area contributed by atoms with Crippen LogP contribution in [0.1, 0.15) is 29.3 Å². The Morgan fingerprint density at radius 3 is 2.72 bits per heavy atom. The van der Waals surface area contributed by atoms with Gasteiger partial charge in [-0.15, -0.1) is 11.3 Å². The van der Waals surface area contributed by atoms with Gasteiger partial charge in [-0.1, -0.05) is 30.3 Å². The van der Waals surface area contributed by atoms with Crippen molar-refractivity contribution in [1.29, 1.82) is 0 Å². The van der Waals surface area contributed by atoms with E-state index in [1.807, 2.05) is 24.4 Å². The highest BCUT2D eigenvalue weighted by Gasteiger charge is 2.22. The number of piperidine rings is 1. The summed E-state index contributed by atoms with van der Waals surface area (Å²) in [6, 6.07) is 12.0. The second-order valence-corrected chi connectivity index (χ2v) is 7.50. The van der Waals surface area contributed by atoms with Crippen LogP contribution < -0.4 is 5.56 Å². The highest BCUT2D eigenvalue weighted by Crippen LogP contribution is 2.29. The number of H-pyrrole nitrogens is 1. The lowest BCUT2D eigenvalue weighted by Gasteiger charge is -2.31. The summed E-state index contributed by atoms with van der Waals surface area (Å²) in [7, 11) is 0. The van der Waals surface area contributed by atoms with Crippen molar-refractivity contribution in [3.05, 3.63) is 69.8 Å². The topological polar surface area (TPSA) is 61.9 Å². The Hall–Kier alpha value is -2.31. The van der Waals surface area contributed by atoms with Crippen LogP contribution in [0.4, 0.5) is 0 Å². The first kappa shape index (κ1) is 16.2. The number of hydrogen-bond donors (Lipinski definition) is 1. The zero-order valence-electron chi connectivity index (χ0n) is 13.9. The number of aromatic nitrogens is 3. The number of thiazole rings is 1. The van der Waals surface area contributed by atoms with Crippen molar-refractivity contribution in [1.82, 2.24) is 19.9 Å². The molecule has 1 N–H and O–H groups in total. The standard InChI is InChI=1S/C19H20N4OS/c24-18-10-17(21-13-22-18)14-6-8-23(9-7-14)12-16-11-20-19(25-16)15-4-2-1-3-5-15/h1-5,10-11,13-14H,6-9,12H2,(H,21,22,24). The SMILES string of the molecule is O=c1cc(C2CCN(Cc3cnc(-c4ccccc4)s3)CC2)nc[nH]1. The molecule has 0 radical (unpaired) electrons. The van der Waals surface area contributed by atoms with E-state index in [1.165, 1.54) is 16.8 Å². The fourth-order valence-corrected chi connectivity index (χ4v) is 4.27. The highest BCUT2D eigenvalue weighted by atomic mass is 32.1. The third kappa shape index (κ3) is 3.86. The molecular formula is C19H20N4OS. The van der Waals surface area contributed by atoms with Gasteiger partial charge in [-0.2, -0.15) is 0 Å². The zero-order valence-corrected chi connectivity index (χ0v) is 14.7. The molecule has 0 atom stereocenters. The van der Waals surface area contributed by atoms with E-state index in [0.717, 1.165) is 43.2 Å². The third-order valence-electron chi connectivity index (χ3n) is 4.66. The van der Waals surface area contributed by atoms with Crippen molar-refractivity contribution < 1.29 is 0 Å². The molecular weight excluding hydrogens is 332 g/mol. The van der Waals surface area contributed by atoms with Gasteiger partial charge < -0.3 is 4.98 Å². The minimum absolute atomic E-state index is 0.0643. The minimum Gasteiger partial charge on any atom is -0.313 e. The average Bonchev–Trinajstić information content (AvgIpc) is 3.12. The summed E-state index contributed by atoms with van der Waals surface area (Å²) >= 11 is 1.77. The van der Waals surface area contributed by atoms with Gasteiger partial charge in [0.2, 0.25) is 0 Å². The molecule has 3 aromatic rings. The number of nitrogens with one attached hydrogen (secondary N) is 1. The van der Waals surface area contributed by atoms with Crippen molar-refractivity contribution in [3.63, 3.8) is 0 Å². The Morgan fingerprint density at radius 2 is 1.96 bits per heavy atom. The second kappa shape index (κ2) is 7.29. The third-order valence-corrected chi connectivity index (χ3v) is 5.69. The number of likely N-dealkylation sites (tertiary alicyclic amines) is 1. The number of nitrogens with zero attached hydrogens (tertiary/aromatic N) is 3. The van der Waals surface area contributed by atoms with E-state index >= 15 is 0 Å². The van der Waals surface area contributed by atoms with Crippen LogP contribution in [0.25, 0.3) is 10.6 Å². The van der Waals surface area contributed by atoms with E-state index in [2.05, 4.69) is 32.0 Å². The van der Waals surface area contributed by atoms with Gasteiger partial charge in [0.05, 0.1) is 12.0 Å². The lowest BCUT2D eigenvalue weighted by Crippen LogP contribution is -2.32. The molecule has 1 saturated heterocycles. The predicted octanol–water partition coefficient (Wildman–Crippen LogP) is 3.27. The number of aromatic amines is 1. The van der Waals surface area contributed by atoms with Crippen LogP contribution in [0, 0.1) is 0 Å². The Morgan fingerprint density at radius 1 is 1.16 bits per heavy atom. The molecule has 1 aromatic carbocycles. The summed E-state index contributed by atoms with van der Waals surface area (Å²) in [4.78, 5) is 26.7. The van der Waals surface area contributed by atoms with Crippen LogP contribution in [0.5, 0.6) is 0 Å². The smallest absolute Gasteiger partial charge is 0.250 e. The molecule has 25 heavy (non-hydrogen) atoms. The van der Waals surface area contributed by atoms with Gasteiger partial charge in [0.1, 0.15) is 5.01 Å². The molecule has 2 aromatic heterocycles. The Labute approximate surface area is 150 Å². The lowest BCUT2D eigenvalue weighted by atomic mass is 9.93. The molecule has 6 heteroatoms. The molecule has 0 aliphatic carbocycles. The summed E-state index contributed by atoms with van der Waals surface area (Å²) in [5.74, 6) is 0.389. The summed E-state index contributed by atoms with van der Waals surface area (Å²) < 4.78 is 0. The van der Waals surface area contributed by atoms with Crippen LogP contribution in [-0.2, 0) is 6.54 Å². The predicted molar refractivity (Wildman–Crippen MR) is 99.7 cm³/mol. The van der Waals surface area contributed by atoms with E-state index in [9.17, 15) is 4.79 Å². The average molecular weight is 352 g/mol. The largest absolute Gasteiger partial charge is 0.313 e. The fourth-order valence-electron chi connectivity index (χ4n) is 3.31. The van der Waals surface area contributed by atoms with Crippen molar-refractivity contribution in [3.8, 4) is 10.6 Å².